The van der Waals surface area contributed by atoms with E-state index in [4.69, 9.17) is 16.3 Å². The summed E-state index contributed by atoms with van der Waals surface area (Å²) >= 11 is 5.93. The zero-order valence-electron chi connectivity index (χ0n) is 17.0. The number of likely N-dealkylation sites (N-methyl/N-ethyl adjacent to an activating group) is 1. The van der Waals surface area contributed by atoms with E-state index in [9.17, 15) is 4.79 Å². The second kappa shape index (κ2) is 7.75. The zero-order valence-corrected chi connectivity index (χ0v) is 17.8. The number of para-hydroxylation sites is 1. The summed E-state index contributed by atoms with van der Waals surface area (Å²) in [6.45, 7) is 5.07. The first-order valence-electron chi connectivity index (χ1n) is 10.1. The number of carbonyl (C=O) groups is 1. The minimum atomic E-state index is -0.163. The lowest BCUT2D eigenvalue weighted by Crippen LogP contribution is -2.48. The van der Waals surface area contributed by atoms with Crippen LogP contribution in [0.1, 0.15) is 41.6 Å². The number of anilines is 1. The molecular formula is C24H27ClN2O2. The maximum absolute atomic E-state index is 12.6. The number of carbonyl (C=O) groups excluding carboxylic acids is 1. The Morgan fingerprint density at radius 1 is 1.31 bits per heavy atom. The van der Waals surface area contributed by atoms with E-state index in [0.29, 0.717) is 23.2 Å². The summed E-state index contributed by atoms with van der Waals surface area (Å²) < 4.78 is 5.67. The second-order valence-electron chi connectivity index (χ2n) is 7.96. The summed E-state index contributed by atoms with van der Waals surface area (Å²) in [5.74, 6) is 0.824. The van der Waals surface area contributed by atoms with Gasteiger partial charge >= 0.3 is 0 Å². The lowest BCUT2D eigenvalue weighted by molar-refractivity contribution is 0.0950. The predicted molar refractivity (Wildman–Crippen MR) is 118 cm³/mol. The Labute approximate surface area is 177 Å². The number of rotatable bonds is 5. The van der Waals surface area contributed by atoms with Crippen molar-refractivity contribution in [3.8, 4) is 5.75 Å². The average molecular weight is 411 g/mol. The van der Waals surface area contributed by atoms with Gasteiger partial charge in [-0.25, -0.2) is 0 Å². The standard InChI is InChI=1S/C24H27ClN2O2/c1-16-6-4-9-21-24(16,19-7-5-8-20(29-3)22(19)27(21)2)14-15-26-23(28)17-10-12-18(25)13-11-17/h5,7-8,10-13,21H,1,4,6,9,14-15H2,2-3H3,(H,26,28). The van der Waals surface area contributed by atoms with Crippen molar-refractivity contribution in [1.82, 2.24) is 5.32 Å². The van der Waals surface area contributed by atoms with Gasteiger partial charge in [0.1, 0.15) is 5.75 Å². The number of halogens is 1. The maximum atomic E-state index is 12.6. The lowest BCUT2D eigenvalue weighted by Gasteiger charge is -2.44. The molecule has 4 nitrogen and oxygen atoms in total. The van der Waals surface area contributed by atoms with Crippen LogP contribution in [0.4, 0.5) is 5.69 Å². The maximum Gasteiger partial charge on any atom is 0.251 e. The molecule has 152 valence electrons. The van der Waals surface area contributed by atoms with Gasteiger partial charge in [-0.15, -0.1) is 0 Å². The van der Waals surface area contributed by atoms with Crippen LogP contribution in [-0.4, -0.2) is 32.7 Å². The van der Waals surface area contributed by atoms with Crippen LogP contribution in [0.3, 0.4) is 0 Å². The van der Waals surface area contributed by atoms with E-state index in [2.05, 4.69) is 36.0 Å². The van der Waals surface area contributed by atoms with Crippen molar-refractivity contribution in [2.24, 2.45) is 0 Å². The number of hydrogen-bond acceptors (Lipinski definition) is 3. The van der Waals surface area contributed by atoms with Crippen molar-refractivity contribution in [1.29, 1.82) is 0 Å². The highest BCUT2D eigenvalue weighted by Gasteiger charge is 2.53. The summed E-state index contributed by atoms with van der Waals surface area (Å²) in [5.41, 5.74) is 4.15. The summed E-state index contributed by atoms with van der Waals surface area (Å²) in [6, 6.07) is 13.6. The number of benzene rings is 2. The molecule has 1 N–H and O–H groups in total. The third kappa shape index (κ3) is 3.20. The Bertz CT molecular complexity index is 940. The molecule has 2 atom stereocenters. The van der Waals surface area contributed by atoms with Crippen molar-refractivity contribution in [2.75, 3.05) is 25.6 Å². The van der Waals surface area contributed by atoms with Gasteiger partial charge in [0.15, 0.2) is 0 Å². The molecule has 1 aliphatic heterocycles. The lowest BCUT2D eigenvalue weighted by atomic mass is 9.63. The predicted octanol–water partition coefficient (Wildman–Crippen LogP) is 4.97. The van der Waals surface area contributed by atoms with Crippen LogP contribution in [0.2, 0.25) is 5.02 Å². The molecule has 0 aromatic heterocycles. The van der Waals surface area contributed by atoms with E-state index >= 15 is 0 Å². The quantitative estimate of drug-likeness (QED) is 0.708. The normalized spacial score (nSPS) is 22.8. The van der Waals surface area contributed by atoms with E-state index in [1.807, 2.05) is 6.07 Å². The SMILES string of the molecule is C=C1CCCC2N(C)c3c(OC)cccc3C12CCNC(=O)c1ccc(Cl)cc1. The first-order valence-corrected chi connectivity index (χ1v) is 10.5. The fourth-order valence-corrected chi connectivity index (χ4v) is 5.36. The Morgan fingerprint density at radius 2 is 2.07 bits per heavy atom. The van der Waals surface area contributed by atoms with Gasteiger partial charge in [-0.2, -0.15) is 0 Å². The van der Waals surface area contributed by atoms with Crippen molar-refractivity contribution in [3.05, 3.63) is 70.8 Å². The Morgan fingerprint density at radius 3 is 2.79 bits per heavy atom. The number of methoxy groups -OCH3 is 1. The van der Waals surface area contributed by atoms with Crippen molar-refractivity contribution in [3.63, 3.8) is 0 Å². The van der Waals surface area contributed by atoms with Crippen LogP contribution >= 0.6 is 11.6 Å². The molecule has 1 fully saturated rings. The molecule has 2 aliphatic rings. The molecule has 1 saturated carbocycles. The van der Waals surface area contributed by atoms with Crippen molar-refractivity contribution < 1.29 is 9.53 Å². The molecule has 4 rings (SSSR count). The fourth-order valence-electron chi connectivity index (χ4n) is 5.23. The molecule has 2 unspecified atom stereocenters. The van der Waals surface area contributed by atoms with Crippen LogP contribution in [0, 0.1) is 0 Å². The minimum Gasteiger partial charge on any atom is -0.495 e. The van der Waals surface area contributed by atoms with Gasteiger partial charge in [-0.05, 0) is 61.6 Å². The van der Waals surface area contributed by atoms with Crippen LogP contribution in [0.15, 0.2) is 54.6 Å². The number of nitrogens with one attached hydrogen (secondary N) is 1. The van der Waals surface area contributed by atoms with Crippen LogP contribution < -0.4 is 15.0 Å². The molecule has 0 spiro atoms. The monoisotopic (exact) mass is 410 g/mol. The van der Waals surface area contributed by atoms with Gasteiger partial charge in [0, 0.05) is 35.6 Å². The largest absolute Gasteiger partial charge is 0.495 e. The van der Waals surface area contributed by atoms with E-state index in [-0.39, 0.29) is 11.3 Å². The van der Waals surface area contributed by atoms with Crippen molar-refractivity contribution >= 4 is 23.2 Å². The van der Waals surface area contributed by atoms with Gasteiger partial charge in [0.2, 0.25) is 0 Å². The minimum absolute atomic E-state index is 0.0757. The molecule has 2 aromatic carbocycles. The van der Waals surface area contributed by atoms with Gasteiger partial charge in [-0.3, -0.25) is 4.79 Å². The molecule has 0 bridgehead atoms. The molecule has 0 saturated heterocycles. The first-order chi connectivity index (χ1) is 14.0. The fraction of sp³-hybridized carbons (Fsp3) is 0.375. The number of hydrogen-bond donors (Lipinski definition) is 1. The topological polar surface area (TPSA) is 41.6 Å². The first kappa shape index (κ1) is 19.8. The summed E-state index contributed by atoms with van der Waals surface area (Å²) in [5, 5.41) is 3.72. The highest BCUT2D eigenvalue weighted by Crippen LogP contribution is 2.57. The smallest absolute Gasteiger partial charge is 0.251 e. The van der Waals surface area contributed by atoms with Crippen LogP contribution in [0.25, 0.3) is 0 Å². The highest BCUT2D eigenvalue weighted by molar-refractivity contribution is 6.30. The summed E-state index contributed by atoms with van der Waals surface area (Å²) in [7, 11) is 3.87. The Kier molecular flexibility index (Phi) is 5.30. The van der Waals surface area contributed by atoms with Gasteiger partial charge in [0.25, 0.3) is 5.91 Å². The molecule has 1 amide bonds. The molecule has 1 aliphatic carbocycles. The molecule has 1 heterocycles. The van der Waals surface area contributed by atoms with Gasteiger partial charge in [0.05, 0.1) is 12.8 Å². The zero-order chi connectivity index (χ0) is 20.6. The molecule has 2 aromatic rings. The van der Waals surface area contributed by atoms with Gasteiger partial charge in [-0.1, -0.05) is 35.9 Å². The summed E-state index contributed by atoms with van der Waals surface area (Å²) in [6.07, 6.45) is 4.09. The van der Waals surface area contributed by atoms with E-state index in [0.717, 1.165) is 37.1 Å². The van der Waals surface area contributed by atoms with Crippen LogP contribution in [-0.2, 0) is 5.41 Å². The number of amides is 1. The van der Waals surface area contributed by atoms with Gasteiger partial charge < -0.3 is 15.0 Å². The highest BCUT2D eigenvalue weighted by atomic mass is 35.5. The van der Waals surface area contributed by atoms with E-state index < -0.39 is 0 Å². The van der Waals surface area contributed by atoms with Crippen LogP contribution in [0.5, 0.6) is 5.75 Å². The van der Waals surface area contributed by atoms with E-state index in [1.54, 1.807) is 31.4 Å². The van der Waals surface area contributed by atoms with E-state index in [1.165, 1.54) is 11.1 Å². The number of nitrogens with zero attached hydrogens (tertiary/aromatic N) is 1. The average Bonchev–Trinajstić information content (AvgIpc) is 2.99. The van der Waals surface area contributed by atoms with Crippen molar-refractivity contribution in [2.45, 2.75) is 37.1 Å². The molecule has 29 heavy (non-hydrogen) atoms. The molecular weight excluding hydrogens is 384 g/mol. The number of ether oxygens (including phenoxy) is 1. The Hall–Kier alpha value is -2.46. The molecule has 0 radical (unpaired) electrons. The summed E-state index contributed by atoms with van der Waals surface area (Å²) in [4.78, 5) is 14.9. The number of fused-ring (bicyclic) bond motifs is 3. The second-order valence-corrected chi connectivity index (χ2v) is 8.40. The third-order valence-electron chi connectivity index (χ3n) is 6.59. The molecule has 5 heteroatoms. The Balaban J connectivity index is 1.61. The third-order valence-corrected chi connectivity index (χ3v) is 6.84.